The van der Waals surface area contributed by atoms with Crippen molar-refractivity contribution in [2.75, 3.05) is 25.0 Å². The van der Waals surface area contributed by atoms with Gasteiger partial charge in [0, 0.05) is 25.3 Å². The molecule has 0 saturated carbocycles. The van der Waals surface area contributed by atoms with Crippen molar-refractivity contribution in [3.63, 3.8) is 0 Å². The summed E-state index contributed by atoms with van der Waals surface area (Å²) < 4.78 is 0. The van der Waals surface area contributed by atoms with Crippen molar-refractivity contribution in [2.24, 2.45) is 0 Å². The molecule has 0 heterocycles. The molecule has 1 rings (SSSR count). The maximum Gasteiger partial charge on any atom is 0.0380 e. The highest BCUT2D eigenvalue weighted by Gasteiger charge is 2.05. The fraction of sp³-hybridized carbons (Fsp3) is 0.467. The third kappa shape index (κ3) is 4.23. The molecule has 0 spiro atoms. The zero-order valence-electron chi connectivity index (χ0n) is 11.5. The van der Waals surface area contributed by atoms with Gasteiger partial charge in [0.2, 0.25) is 0 Å². The Balaban J connectivity index is 2.70. The summed E-state index contributed by atoms with van der Waals surface area (Å²) in [4.78, 5) is 2.21. The smallest absolute Gasteiger partial charge is 0.0380 e. The van der Waals surface area contributed by atoms with Crippen LogP contribution in [0.3, 0.4) is 0 Å². The molecule has 0 fully saturated rings. The Morgan fingerprint density at radius 2 is 1.94 bits per heavy atom. The van der Waals surface area contributed by atoms with E-state index in [4.69, 9.17) is 0 Å². The van der Waals surface area contributed by atoms with Gasteiger partial charge in [0.1, 0.15) is 0 Å². The Kier molecular flexibility index (Phi) is 5.23. The molecule has 1 atom stereocenters. The van der Waals surface area contributed by atoms with Crippen LogP contribution in [-0.2, 0) is 0 Å². The molecule has 1 aromatic carbocycles. The first kappa shape index (κ1) is 13.8. The van der Waals surface area contributed by atoms with Crippen molar-refractivity contribution in [3.8, 4) is 0 Å². The highest BCUT2D eigenvalue weighted by Crippen LogP contribution is 2.18. The number of likely N-dealkylation sites (N-methyl/N-ethyl adjacent to an activating group) is 1. The van der Waals surface area contributed by atoms with Crippen molar-refractivity contribution in [1.29, 1.82) is 0 Å². The molecule has 17 heavy (non-hydrogen) atoms. The second-order valence-corrected chi connectivity index (χ2v) is 4.68. The fourth-order valence-electron chi connectivity index (χ4n) is 1.94. The lowest BCUT2D eigenvalue weighted by Gasteiger charge is -2.20. The molecule has 1 N–H and O–H groups in total. The third-order valence-electron chi connectivity index (χ3n) is 2.85. The topological polar surface area (TPSA) is 15.3 Å². The van der Waals surface area contributed by atoms with Gasteiger partial charge in [-0.2, -0.15) is 0 Å². The van der Waals surface area contributed by atoms with Crippen LogP contribution in [0.4, 0.5) is 5.69 Å². The van der Waals surface area contributed by atoms with Gasteiger partial charge >= 0.3 is 0 Å². The van der Waals surface area contributed by atoms with Crippen LogP contribution in [0.1, 0.15) is 32.4 Å². The van der Waals surface area contributed by atoms with Crippen molar-refractivity contribution < 1.29 is 0 Å². The van der Waals surface area contributed by atoms with Gasteiger partial charge in [-0.25, -0.2) is 0 Å². The molecule has 0 aliphatic heterocycles. The minimum absolute atomic E-state index is 0.417. The Hall–Kier alpha value is -1.28. The van der Waals surface area contributed by atoms with Crippen LogP contribution in [-0.4, -0.2) is 20.1 Å². The van der Waals surface area contributed by atoms with E-state index in [0.29, 0.717) is 6.04 Å². The van der Waals surface area contributed by atoms with Crippen LogP contribution in [0.25, 0.3) is 0 Å². The lowest BCUT2D eigenvalue weighted by Crippen LogP contribution is -2.20. The second kappa shape index (κ2) is 6.45. The normalized spacial score (nSPS) is 12.2. The van der Waals surface area contributed by atoms with E-state index in [-0.39, 0.29) is 0 Å². The third-order valence-corrected chi connectivity index (χ3v) is 2.85. The highest BCUT2D eigenvalue weighted by atomic mass is 15.1. The van der Waals surface area contributed by atoms with Gasteiger partial charge in [0.15, 0.2) is 0 Å². The summed E-state index contributed by atoms with van der Waals surface area (Å²) in [5, 5.41) is 3.41. The monoisotopic (exact) mass is 232 g/mol. The zero-order valence-corrected chi connectivity index (χ0v) is 11.5. The van der Waals surface area contributed by atoms with E-state index >= 15 is 0 Å². The molecule has 0 aliphatic rings. The predicted octanol–water partition coefficient (Wildman–Crippen LogP) is 3.37. The highest BCUT2D eigenvalue weighted by molar-refractivity contribution is 5.48. The maximum absolute atomic E-state index is 3.94. The Labute approximate surface area is 105 Å². The fourth-order valence-corrected chi connectivity index (χ4v) is 1.94. The molecular formula is C15H24N2. The standard InChI is InChI=1S/C15H24N2/c1-6-16-13(4)14-7-9-15(10-8-14)17(5)11-12(2)3/h7-10,13,16H,2,6,11H2,1,3-5H3. The van der Waals surface area contributed by atoms with Crippen LogP contribution in [0.2, 0.25) is 0 Å². The first-order chi connectivity index (χ1) is 8.04. The van der Waals surface area contributed by atoms with Crippen LogP contribution < -0.4 is 10.2 Å². The van der Waals surface area contributed by atoms with Crippen molar-refractivity contribution in [2.45, 2.75) is 26.8 Å². The molecule has 0 radical (unpaired) electrons. The molecule has 1 unspecified atom stereocenters. The molecule has 0 bridgehead atoms. The van der Waals surface area contributed by atoms with Crippen LogP contribution in [0, 0.1) is 0 Å². The van der Waals surface area contributed by atoms with E-state index in [2.05, 4.69) is 68.9 Å². The Morgan fingerprint density at radius 3 is 2.41 bits per heavy atom. The first-order valence-electron chi connectivity index (χ1n) is 6.23. The van der Waals surface area contributed by atoms with Crippen LogP contribution in [0.5, 0.6) is 0 Å². The predicted molar refractivity (Wildman–Crippen MR) is 76.6 cm³/mol. The number of benzene rings is 1. The summed E-state index contributed by atoms with van der Waals surface area (Å²) >= 11 is 0. The summed E-state index contributed by atoms with van der Waals surface area (Å²) in [6.07, 6.45) is 0. The maximum atomic E-state index is 3.94. The van der Waals surface area contributed by atoms with E-state index in [1.807, 2.05) is 0 Å². The molecule has 0 aliphatic carbocycles. The van der Waals surface area contributed by atoms with E-state index in [1.54, 1.807) is 0 Å². The van der Waals surface area contributed by atoms with Gasteiger partial charge in [0.25, 0.3) is 0 Å². The van der Waals surface area contributed by atoms with Gasteiger partial charge < -0.3 is 10.2 Å². The van der Waals surface area contributed by atoms with Gasteiger partial charge in [-0.1, -0.05) is 31.2 Å². The largest absolute Gasteiger partial charge is 0.371 e. The summed E-state index contributed by atoms with van der Waals surface area (Å²) in [5.41, 5.74) is 3.75. The molecule has 1 aromatic rings. The molecule has 0 aromatic heterocycles. The zero-order chi connectivity index (χ0) is 12.8. The van der Waals surface area contributed by atoms with Gasteiger partial charge in [-0.05, 0) is 38.1 Å². The average Bonchev–Trinajstić information content (AvgIpc) is 2.28. The molecule has 2 heteroatoms. The second-order valence-electron chi connectivity index (χ2n) is 4.68. The van der Waals surface area contributed by atoms with E-state index in [1.165, 1.54) is 16.8 Å². The molecule has 2 nitrogen and oxygen atoms in total. The summed E-state index contributed by atoms with van der Waals surface area (Å²) in [7, 11) is 2.09. The Bertz CT molecular complexity index is 354. The number of rotatable bonds is 6. The first-order valence-corrected chi connectivity index (χ1v) is 6.23. The van der Waals surface area contributed by atoms with Crippen LogP contribution in [0.15, 0.2) is 36.4 Å². The molecular weight excluding hydrogens is 208 g/mol. The van der Waals surface area contributed by atoms with Crippen molar-refractivity contribution >= 4 is 5.69 Å². The summed E-state index contributed by atoms with van der Waals surface area (Å²) in [6.45, 7) is 12.2. The minimum atomic E-state index is 0.417. The SMILES string of the molecule is C=C(C)CN(C)c1ccc(C(C)NCC)cc1. The number of nitrogens with zero attached hydrogens (tertiary/aromatic N) is 1. The number of nitrogens with one attached hydrogen (secondary N) is 1. The Morgan fingerprint density at radius 1 is 1.35 bits per heavy atom. The lowest BCUT2D eigenvalue weighted by atomic mass is 10.1. The minimum Gasteiger partial charge on any atom is -0.371 e. The average molecular weight is 232 g/mol. The van der Waals surface area contributed by atoms with E-state index < -0.39 is 0 Å². The molecule has 0 saturated heterocycles. The lowest BCUT2D eigenvalue weighted by molar-refractivity contribution is 0.598. The van der Waals surface area contributed by atoms with E-state index in [0.717, 1.165) is 13.1 Å². The summed E-state index contributed by atoms with van der Waals surface area (Å²) in [5.74, 6) is 0. The number of anilines is 1. The summed E-state index contributed by atoms with van der Waals surface area (Å²) in [6, 6.07) is 9.15. The van der Waals surface area contributed by atoms with Crippen molar-refractivity contribution in [3.05, 3.63) is 42.0 Å². The van der Waals surface area contributed by atoms with Gasteiger partial charge in [0.05, 0.1) is 0 Å². The van der Waals surface area contributed by atoms with Gasteiger partial charge in [-0.3, -0.25) is 0 Å². The van der Waals surface area contributed by atoms with Crippen molar-refractivity contribution in [1.82, 2.24) is 5.32 Å². The van der Waals surface area contributed by atoms with Crippen LogP contribution >= 0.6 is 0 Å². The number of hydrogen-bond acceptors (Lipinski definition) is 2. The van der Waals surface area contributed by atoms with Gasteiger partial charge in [-0.15, -0.1) is 0 Å². The number of hydrogen-bond donors (Lipinski definition) is 1. The molecule has 94 valence electrons. The molecule has 0 amide bonds. The van der Waals surface area contributed by atoms with E-state index in [9.17, 15) is 0 Å². The quantitative estimate of drug-likeness (QED) is 0.757.